The van der Waals surface area contributed by atoms with Crippen LogP contribution in [0, 0.1) is 0 Å². The second kappa shape index (κ2) is 10.4. The zero-order valence-electron chi connectivity index (χ0n) is 20.0. The number of hydrogen-bond acceptors (Lipinski definition) is 7. The molecule has 1 aliphatic rings. The van der Waals surface area contributed by atoms with Gasteiger partial charge in [0, 0.05) is 31.4 Å². The van der Waals surface area contributed by atoms with Crippen molar-refractivity contribution in [3.05, 3.63) is 53.7 Å². The van der Waals surface area contributed by atoms with Crippen molar-refractivity contribution in [1.82, 2.24) is 15.0 Å². The van der Waals surface area contributed by atoms with Crippen molar-refractivity contribution in [2.45, 2.75) is 38.8 Å². The summed E-state index contributed by atoms with van der Waals surface area (Å²) in [5, 5.41) is 7.60. The van der Waals surface area contributed by atoms with E-state index in [2.05, 4.69) is 45.7 Å². The lowest BCUT2D eigenvalue weighted by Gasteiger charge is -2.15. The van der Waals surface area contributed by atoms with E-state index < -0.39 is 10.0 Å². The maximum atomic E-state index is 11.7. The zero-order valence-corrected chi connectivity index (χ0v) is 21.6. The maximum absolute atomic E-state index is 11.7. The molecule has 4 rings (SSSR count). The summed E-state index contributed by atoms with van der Waals surface area (Å²) in [4.78, 5) is 5.86. The normalized spacial score (nSPS) is 15.5. The van der Waals surface area contributed by atoms with E-state index in [0.717, 1.165) is 39.7 Å². The van der Waals surface area contributed by atoms with Crippen molar-refractivity contribution in [3.8, 4) is 26.8 Å². The molecule has 182 valence electrons. The van der Waals surface area contributed by atoms with E-state index in [1.807, 2.05) is 33.2 Å². The van der Waals surface area contributed by atoms with Crippen LogP contribution in [0.2, 0.25) is 0 Å². The van der Waals surface area contributed by atoms with Crippen molar-refractivity contribution in [2.75, 3.05) is 31.7 Å². The van der Waals surface area contributed by atoms with E-state index in [-0.39, 0.29) is 17.9 Å². The molecule has 2 aromatic carbocycles. The van der Waals surface area contributed by atoms with Crippen molar-refractivity contribution in [2.24, 2.45) is 0 Å². The fraction of sp³-hybridized carbons (Fsp3) is 0.400. The van der Waals surface area contributed by atoms with Gasteiger partial charge in [-0.15, -0.1) is 11.3 Å². The average molecular weight is 501 g/mol. The number of aromatic nitrogens is 1. The molecule has 0 saturated carbocycles. The van der Waals surface area contributed by atoms with E-state index in [4.69, 9.17) is 9.72 Å². The molecular weight excluding hydrogens is 468 g/mol. The first-order valence-electron chi connectivity index (χ1n) is 11.5. The minimum atomic E-state index is -3.21. The summed E-state index contributed by atoms with van der Waals surface area (Å²) >= 11 is 1.68. The molecule has 0 amide bonds. The molecule has 1 heterocycles. The Hall–Kier alpha value is -2.46. The standard InChI is InChI=1S/C25H32N4O3S2/c1-16(2)32-23-11-8-17(14-22(23)26-3)25-29-15-24(33-25)20-7-5-6-19-18(20)9-10-21(19)28-12-13-34(30,31)27-4/h5-8,11,14-16,21,26-28H,9-10,12-13H2,1-4H3. The number of fused-ring (bicyclic) bond motifs is 1. The van der Waals surface area contributed by atoms with Crippen LogP contribution >= 0.6 is 11.3 Å². The third-order valence-electron chi connectivity index (χ3n) is 5.97. The molecule has 0 spiro atoms. The van der Waals surface area contributed by atoms with Crippen LogP contribution in [-0.4, -0.2) is 45.9 Å². The van der Waals surface area contributed by atoms with Gasteiger partial charge < -0.3 is 15.4 Å². The topological polar surface area (TPSA) is 92.4 Å². The van der Waals surface area contributed by atoms with Crippen LogP contribution < -0.4 is 20.1 Å². The van der Waals surface area contributed by atoms with E-state index >= 15 is 0 Å². The molecule has 1 atom stereocenters. The van der Waals surface area contributed by atoms with Crippen molar-refractivity contribution >= 4 is 27.0 Å². The number of hydrogen-bond donors (Lipinski definition) is 3. The number of nitrogens with zero attached hydrogens (tertiary/aromatic N) is 1. The Kier molecular flexibility index (Phi) is 7.57. The summed E-state index contributed by atoms with van der Waals surface area (Å²) < 4.78 is 31.7. The summed E-state index contributed by atoms with van der Waals surface area (Å²) in [5.74, 6) is 0.906. The van der Waals surface area contributed by atoms with Gasteiger partial charge in [0.05, 0.1) is 22.4 Å². The first-order chi connectivity index (χ1) is 16.3. The van der Waals surface area contributed by atoms with Crippen LogP contribution in [0.1, 0.15) is 37.4 Å². The predicted octanol–water partition coefficient (Wildman–Crippen LogP) is 4.43. The van der Waals surface area contributed by atoms with Gasteiger partial charge in [-0.3, -0.25) is 0 Å². The third kappa shape index (κ3) is 5.43. The Bertz CT molecular complexity index is 1250. The van der Waals surface area contributed by atoms with Gasteiger partial charge >= 0.3 is 0 Å². The summed E-state index contributed by atoms with van der Waals surface area (Å²) in [5.41, 5.74) is 5.78. The highest BCUT2D eigenvalue weighted by atomic mass is 32.2. The monoisotopic (exact) mass is 500 g/mol. The number of thiazole rings is 1. The van der Waals surface area contributed by atoms with E-state index in [0.29, 0.717) is 6.54 Å². The Labute approximate surface area is 206 Å². The van der Waals surface area contributed by atoms with Crippen LogP contribution in [-0.2, 0) is 16.4 Å². The molecule has 7 nitrogen and oxygen atoms in total. The molecule has 3 N–H and O–H groups in total. The van der Waals surface area contributed by atoms with Crippen molar-refractivity contribution in [1.29, 1.82) is 0 Å². The van der Waals surface area contributed by atoms with E-state index in [1.165, 1.54) is 23.7 Å². The average Bonchev–Trinajstić information content (AvgIpc) is 3.47. The Balaban J connectivity index is 1.54. The molecule has 3 aromatic rings. The summed E-state index contributed by atoms with van der Waals surface area (Å²) in [6.07, 6.45) is 3.98. The lowest BCUT2D eigenvalue weighted by molar-refractivity contribution is 0.244. The zero-order chi connectivity index (χ0) is 24.3. The largest absolute Gasteiger partial charge is 0.489 e. The number of ether oxygens (including phenoxy) is 1. The smallest absolute Gasteiger partial charge is 0.212 e. The quantitative estimate of drug-likeness (QED) is 0.381. The fourth-order valence-corrected chi connectivity index (χ4v) is 5.87. The molecular formula is C25H32N4O3S2. The molecule has 0 aliphatic heterocycles. The van der Waals surface area contributed by atoms with Crippen LogP contribution in [0.15, 0.2) is 42.6 Å². The highest BCUT2D eigenvalue weighted by Crippen LogP contribution is 2.41. The van der Waals surface area contributed by atoms with E-state index in [1.54, 1.807) is 11.3 Å². The minimum Gasteiger partial charge on any atom is -0.489 e. The van der Waals surface area contributed by atoms with Crippen molar-refractivity contribution in [3.63, 3.8) is 0 Å². The first kappa shape index (κ1) is 24.7. The van der Waals surface area contributed by atoms with Gasteiger partial charge in [0.1, 0.15) is 10.8 Å². The number of sulfonamides is 1. The molecule has 34 heavy (non-hydrogen) atoms. The van der Waals surface area contributed by atoms with Gasteiger partial charge in [-0.05, 0) is 68.6 Å². The van der Waals surface area contributed by atoms with Gasteiger partial charge in [-0.25, -0.2) is 18.1 Å². The van der Waals surface area contributed by atoms with Crippen LogP contribution in [0.4, 0.5) is 5.69 Å². The first-order valence-corrected chi connectivity index (χ1v) is 14.0. The van der Waals surface area contributed by atoms with Gasteiger partial charge in [0.15, 0.2) is 0 Å². The summed E-state index contributed by atoms with van der Waals surface area (Å²) in [7, 11) is 0.133. The van der Waals surface area contributed by atoms with Gasteiger partial charge in [-0.2, -0.15) is 0 Å². The fourth-order valence-electron chi connectivity index (χ4n) is 4.31. The molecule has 0 radical (unpaired) electrons. The molecule has 9 heteroatoms. The Morgan fingerprint density at radius 3 is 2.76 bits per heavy atom. The number of nitrogens with one attached hydrogen (secondary N) is 3. The molecule has 1 aromatic heterocycles. The van der Waals surface area contributed by atoms with E-state index in [9.17, 15) is 8.42 Å². The third-order valence-corrected chi connectivity index (χ3v) is 8.42. The van der Waals surface area contributed by atoms with Crippen LogP contribution in [0.5, 0.6) is 5.75 Å². The summed E-state index contributed by atoms with van der Waals surface area (Å²) in [6, 6.07) is 12.7. The maximum Gasteiger partial charge on any atom is 0.212 e. The van der Waals surface area contributed by atoms with Crippen molar-refractivity contribution < 1.29 is 13.2 Å². The lowest BCUT2D eigenvalue weighted by Crippen LogP contribution is -2.31. The number of anilines is 1. The SMILES string of the molecule is CNc1cc(-c2ncc(-c3cccc4c3CCC4NCCS(=O)(=O)NC)s2)ccc1OC(C)C. The van der Waals surface area contributed by atoms with Gasteiger partial charge in [-0.1, -0.05) is 18.2 Å². The van der Waals surface area contributed by atoms with Gasteiger partial charge in [0.25, 0.3) is 0 Å². The molecule has 0 bridgehead atoms. The molecule has 0 saturated heterocycles. The molecule has 1 unspecified atom stereocenters. The second-order valence-corrected chi connectivity index (χ2v) is 11.7. The minimum absolute atomic E-state index is 0.0723. The molecule has 0 fully saturated rings. The number of rotatable bonds is 10. The Morgan fingerprint density at radius 1 is 1.21 bits per heavy atom. The highest BCUT2D eigenvalue weighted by molar-refractivity contribution is 7.89. The van der Waals surface area contributed by atoms with Crippen LogP contribution in [0.3, 0.4) is 0 Å². The molecule has 1 aliphatic carbocycles. The number of benzene rings is 2. The predicted molar refractivity (Wildman–Crippen MR) is 140 cm³/mol. The van der Waals surface area contributed by atoms with Gasteiger partial charge in [0.2, 0.25) is 10.0 Å². The second-order valence-electron chi connectivity index (χ2n) is 8.60. The summed E-state index contributed by atoms with van der Waals surface area (Å²) in [6.45, 7) is 4.46. The van der Waals surface area contributed by atoms with Crippen LogP contribution in [0.25, 0.3) is 21.0 Å². The Morgan fingerprint density at radius 2 is 2.03 bits per heavy atom. The highest BCUT2D eigenvalue weighted by Gasteiger charge is 2.25. The lowest BCUT2D eigenvalue weighted by atomic mass is 10.0.